The lowest BCUT2D eigenvalue weighted by atomic mass is 10.2. The average Bonchev–Trinajstić information content (AvgIpc) is 2.57. The van der Waals surface area contributed by atoms with Crippen molar-refractivity contribution in [2.45, 2.75) is 18.7 Å². The van der Waals surface area contributed by atoms with Gasteiger partial charge in [0.1, 0.15) is 16.7 Å². The molecule has 0 aromatic heterocycles. The Bertz CT molecular complexity index is 648. The minimum absolute atomic E-state index is 0.116. The van der Waals surface area contributed by atoms with Gasteiger partial charge in [0.05, 0.1) is 9.82 Å². The summed E-state index contributed by atoms with van der Waals surface area (Å²) in [6.45, 7) is 4.00. The number of nitrogens with one attached hydrogen (secondary N) is 2. The van der Waals surface area contributed by atoms with Crippen molar-refractivity contribution in [3.8, 4) is 0 Å². The maximum Gasteiger partial charge on any atom is 0.293 e. The van der Waals surface area contributed by atoms with Crippen molar-refractivity contribution in [3.63, 3.8) is 0 Å². The molecule has 2 aromatic rings. The van der Waals surface area contributed by atoms with Crippen molar-refractivity contribution < 1.29 is 9.13 Å². The molecule has 0 bridgehead atoms. The summed E-state index contributed by atoms with van der Waals surface area (Å²) < 4.78 is 14.2. The number of nitro groups is 1. The van der Waals surface area contributed by atoms with Gasteiger partial charge in [-0.25, -0.2) is 8.93 Å². The van der Waals surface area contributed by atoms with Crippen LogP contribution in [0.1, 0.15) is 13.8 Å². The van der Waals surface area contributed by atoms with Gasteiger partial charge in [-0.2, -0.15) is 0 Å². The molecule has 0 saturated carbocycles. The van der Waals surface area contributed by atoms with E-state index in [1.165, 1.54) is 13.1 Å². The van der Waals surface area contributed by atoms with E-state index in [9.17, 15) is 14.3 Å². The number of nitro benzene ring substituents is 1. The lowest BCUT2D eigenvalue weighted by molar-refractivity contribution is -0.384. The monoisotopic (exact) mass is 321 g/mol. The molecule has 0 heterocycles. The molecular formula is C15H19N3O3S. The standard InChI is InChI=1S/C13H13N3O3S.C2H6/c1-14-20(19)11-7-8-12(13(9-11)16(17)18)15-10-5-3-2-4-6-10;1-2/h2-9,14-15H,1H3;1-2H3. The molecule has 0 spiro atoms. The first-order chi connectivity index (χ1) is 10.6. The summed E-state index contributed by atoms with van der Waals surface area (Å²) >= 11 is 0. The van der Waals surface area contributed by atoms with E-state index in [0.717, 1.165) is 5.69 Å². The molecule has 1 atom stereocenters. The van der Waals surface area contributed by atoms with E-state index in [1.54, 1.807) is 12.1 Å². The predicted molar refractivity (Wildman–Crippen MR) is 89.6 cm³/mol. The molecule has 0 amide bonds. The second-order valence-corrected chi connectivity index (χ2v) is 5.32. The highest BCUT2D eigenvalue weighted by Gasteiger charge is 2.16. The molecule has 0 radical (unpaired) electrons. The average molecular weight is 321 g/mol. The van der Waals surface area contributed by atoms with Crippen LogP contribution in [0.2, 0.25) is 0 Å². The van der Waals surface area contributed by atoms with E-state index in [4.69, 9.17) is 0 Å². The van der Waals surface area contributed by atoms with E-state index in [1.807, 2.05) is 44.2 Å². The fourth-order valence-corrected chi connectivity index (χ4v) is 2.32. The zero-order valence-corrected chi connectivity index (χ0v) is 13.5. The number of hydrogen-bond acceptors (Lipinski definition) is 4. The number of para-hydroxylation sites is 1. The molecule has 2 rings (SSSR count). The van der Waals surface area contributed by atoms with Gasteiger partial charge in [-0.1, -0.05) is 32.0 Å². The normalized spacial score (nSPS) is 11.0. The molecule has 0 aliphatic heterocycles. The zero-order chi connectivity index (χ0) is 16.5. The molecule has 6 nitrogen and oxygen atoms in total. The van der Waals surface area contributed by atoms with Crippen LogP contribution in [0.5, 0.6) is 0 Å². The van der Waals surface area contributed by atoms with Crippen LogP contribution < -0.4 is 10.0 Å². The maximum absolute atomic E-state index is 11.6. The fraction of sp³-hybridized carbons (Fsp3) is 0.200. The first kappa shape index (κ1) is 17.8. The molecule has 2 aromatic carbocycles. The van der Waals surface area contributed by atoms with Gasteiger partial charge in [-0.3, -0.25) is 10.1 Å². The van der Waals surface area contributed by atoms with Crippen LogP contribution >= 0.6 is 0 Å². The maximum atomic E-state index is 11.6. The molecular weight excluding hydrogens is 302 g/mol. The van der Waals surface area contributed by atoms with Crippen molar-refractivity contribution in [2.24, 2.45) is 0 Å². The molecule has 0 fully saturated rings. The number of nitrogens with zero attached hydrogens (tertiary/aromatic N) is 1. The van der Waals surface area contributed by atoms with Crippen LogP contribution in [0, 0.1) is 10.1 Å². The Morgan fingerprint density at radius 3 is 2.27 bits per heavy atom. The SMILES string of the molecule is CC.CNS(=O)c1ccc(Nc2ccccc2)c([N+](=O)[O-])c1. The molecule has 1 unspecified atom stereocenters. The first-order valence-corrected chi connectivity index (χ1v) is 7.96. The summed E-state index contributed by atoms with van der Waals surface area (Å²) in [5.74, 6) is 0. The predicted octanol–water partition coefficient (Wildman–Crippen LogP) is 3.61. The lowest BCUT2D eigenvalue weighted by Crippen LogP contribution is -2.11. The number of anilines is 2. The Morgan fingerprint density at radius 1 is 1.09 bits per heavy atom. The van der Waals surface area contributed by atoms with Crippen LogP contribution in [0.4, 0.5) is 17.1 Å². The van der Waals surface area contributed by atoms with Crippen molar-refractivity contribution in [1.82, 2.24) is 4.72 Å². The van der Waals surface area contributed by atoms with E-state index in [0.29, 0.717) is 10.6 Å². The molecule has 118 valence electrons. The molecule has 0 aliphatic carbocycles. The van der Waals surface area contributed by atoms with Crippen LogP contribution in [0.25, 0.3) is 0 Å². The molecule has 22 heavy (non-hydrogen) atoms. The van der Waals surface area contributed by atoms with Gasteiger partial charge < -0.3 is 5.32 Å². The number of hydrogen-bond donors (Lipinski definition) is 2. The topological polar surface area (TPSA) is 84.3 Å². The van der Waals surface area contributed by atoms with E-state index >= 15 is 0 Å². The summed E-state index contributed by atoms with van der Waals surface area (Å²) in [5, 5.41) is 14.1. The minimum Gasteiger partial charge on any atom is -0.350 e. The summed E-state index contributed by atoms with van der Waals surface area (Å²) in [4.78, 5) is 11.0. The molecule has 0 saturated heterocycles. The van der Waals surface area contributed by atoms with Gasteiger partial charge in [0.25, 0.3) is 5.69 Å². The van der Waals surface area contributed by atoms with Gasteiger partial charge in [-0.15, -0.1) is 0 Å². The summed E-state index contributed by atoms with van der Waals surface area (Å²) in [6, 6.07) is 13.6. The lowest BCUT2D eigenvalue weighted by Gasteiger charge is -2.08. The largest absolute Gasteiger partial charge is 0.350 e. The third-order valence-electron chi connectivity index (χ3n) is 2.62. The molecule has 0 aliphatic rings. The quantitative estimate of drug-likeness (QED) is 0.651. The van der Waals surface area contributed by atoms with E-state index in [-0.39, 0.29) is 5.69 Å². The van der Waals surface area contributed by atoms with Crippen LogP contribution in [-0.4, -0.2) is 16.2 Å². The Kier molecular flexibility index (Phi) is 7.21. The third-order valence-corrected chi connectivity index (χ3v) is 3.67. The van der Waals surface area contributed by atoms with Crippen molar-refractivity contribution in [2.75, 3.05) is 12.4 Å². The first-order valence-electron chi connectivity index (χ1n) is 6.81. The van der Waals surface area contributed by atoms with Gasteiger partial charge in [0.2, 0.25) is 0 Å². The van der Waals surface area contributed by atoms with Crippen molar-refractivity contribution in [3.05, 3.63) is 58.6 Å². The highest BCUT2D eigenvalue weighted by Crippen LogP contribution is 2.29. The van der Waals surface area contributed by atoms with Crippen LogP contribution in [0.15, 0.2) is 53.4 Å². The Hall–Kier alpha value is -2.25. The second kappa shape index (κ2) is 8.91. The van der Waals surface area contributed by atoms with Gasteiger partial charge in [0, 0.05) is 11.8 Å². The fourth-order valence-electron chi connectivity index (χ4n) is 1.68. The Labute approximate surface area is 132 Å². The van der Waals surface area contributed by atoms with E-state index < -0.39 is 15.9 Å². The smallest absolute Gasteiger partial charge is 0.293 e. The van der Waals surface area contributed by atoms with Crippen molar-refractivity contribution in [1.29, 1.82) is 0 Å². The van der Waals surface area contributed by atoms with Gasteiger partial charge >= 0.3 is 0 Å². The minimum atomic E-state index is -1.45. The number of benzene rings is 2. The molecule has 7 heteroatoms. The summed E-state index contributed by atoms with van der Waals surface area (Å²) in [6.07, 6.45) is 0. The summed E-state index contributed by atoms with van der Waals surface area (Å²) in [7, 11) is 0.0717. The van der Waals surface area contributed by atoms with E-state index in [2.05, 4.69) is 10.0 Å². The van der Waals surface area contributed by atoms with Crippen molar-refractivity contribution >= 4 is 28.0 Å². The highest BCUT2D eigenvalue weighted by atomic mass is 32.2. The highest BCUT2D eigenvalue weighted by molar-refractivity contribution is 7.83. The zero-order valence-electron chi connectivity index (χ0n) is 12.7. The molecule has 2 N–H and O–H groups in total. The van der Waals surface area contributed by atoms with Crippen LogP contribution in [-0.2, 0) is 11.0 Å². The second-order valence-electron chi connectivity index (χ2n) is 3.90. The third kappa shape index (κ3) is 4.64. The Morgan fingerprint density at radius 2 is 1.73 bits per heavy atom. The Balaban J connectivity index is 0.00000116. The number of rotatable bonds is 5. The van der Waals surface area contributed by atoms with Gasteiger partial charge in [-0.05, 0) is 31.3 Å². The van der Waals surface area contributed by atoms with Gasteiger partial charge in [0.15, 0.2) is 0 Å². The summed E-state index contributed by atoms with van der Waals surface area (Å²) in [5.41, 5.74) is 0.992. The van der Waals surface area contributed by atoms with Crippen LogP contribution in [0.3, 0.4) is 0 Å².